The van der Waals surface area contributed by atoms with E-state index in [1.807, 2.05) is 29.2 Å². The van der Waals surface area contributed by atoms with Gasteiger partial charge in [-0.2, -0.15) is 0 Å². The van der Waals surface area contributed by atoms with Gasteiger partial charge in [0.05, 0.1) is 5.56 Å². The minimum atomic E-state index is 0.125. The van der Waals surface area contributed by atoms with Gasteiger partial charge in [0.2, 0.25) is 0 Å². The molecule has 0 unspecified atom stereocenters. The van der Waals surface area contributed by atoms with Crippen LogP contribution in [0.25, 0.3) is 0 Å². The maximum Gasteiger partial charge on any atom is 0.254 e. The zero-order chi connectivity index (χ0) is 10.7. The predicted molar refractivity (Wildman–Crippen MR) is 63.4 cm³/mol. The molecule has 15 heavy (non-hydrogen) atoms. The van der Waals surface area contributed by atoms with E-state index in [2.05, 4.69) is 12.6 Å². The van der Waals surface area contributed by atoms with Crippen molar-refractivity contribution in [3.8, 4) is 0 Å². The maximum atomic E-state index is 12.1. The second-order valence-corrected chi connectivity index (χ2v) is 4.35. The number of hydrogen-bond donors (Lipinski definition) is 1. The first-order valence-electron chi connectivity index (χ1n) is 5.36. The van der Waals surface area contributed by atoms with Gasteiger partial charge in [0.15, 0.2) is 0 Å². The van der Waals surface area contributed by atoms with Crippen molar-refractivity contribution in [2.75, 3.05) is 13.1 Å². The Bertz CT molecular complexity index is 358. The van der Waals surface area contributed by atoms with Crippen molar-refractivity contribution in [3.05, 3.63) is 29.8 Å². The van der Waals surface area contributed by atoms with E-state index in [-0.39, 0.29) is 5.91 Å². The lowest BCUT2D eigenvalue weighted by Gasteiger charge is -2.27. The summed E-state index contributed by atoms with van der Waals surface area (Å²) in [7, 11) is 0. The predicted octanol–water partition coefficient (Wildman–Crippen LogP) is 2.60. The fourth-order valence-corrected chi connectivity index (χ4v) is 2.18. The molecule has 2 nitrogen and oxygen atoms in total. The van der Waals surface area contributed by atoms with Gasteiger partial charge in [-0.05, 0) is 31.4 Å². The summed E-state index contributed by atoms with van der Waals surface area (Å²) in [5.41, 5.74) is 0.725. The van der Waals surface area contributed by atoms with Crippen molar-refractivity contribution >= 4 is 18.5 Å². The Labute approximate surface area is 95.7 Å². The number of hydrogen-bond acceptors (Lipinski definition) is 2. The molecule has 2 rings (SSSR count). The van der Waals surface area contributed by atoms with Crippen molar-refractivity contribution < 1.29 is 4.79 Å². The minimum absolute atomic E-state index is 0.125. The second kappa shape index (κ2) is 4.71. The molecule has 1 aliphatic heterocycles. The lowest BCUT2D eigenvalue weighted by Crippen LogP contribution is -2.35. The van der Waals surface area contributed by atoms with Gasteiger partial charge in [0.1, 0.15) is 0 Å². The van der Waals surface area contributed by atoms with Crippen LogP contribution in [0.1, 0.15) is 29.6 Å². The topological polar surface area (TPSA) is 20.3 Å². The molecular formula is C12H15NOS. The average Bonchev–Trinajstić information content (AvgIpc) is 2.30. The standard InChI is InChI=1S/C12H15NOS/c14-12(13-8-4-1-5-9-13)10-6-2-3-7-11(10)15/h2-3,6-7,15H,1,4-5,8-9H2. The molecule has 1 saturated heterocycles. The molecule has 0 aromatic heterocycles. The number of carbonyl (C=O) groups is 1. The van der Waals surface area contributed by atoms with Crippen LogP contribution in [0.4, 0.5) is 0 Å². The Balaban J connectivity index is 2.16. The Kier molecular flexibility index (Phi) is 3.31. The van der Waals surface area contributed by atoms with E-state index < -0.39 is 0 Å². The normalized spacial score (nSPS) is 16.5. The molecular weight excluding hydrogens is 206 g/mol. The number of piperidine rings is 1. The van der Waals surface area contributed by atoms with E-state index >= 15 is 0 Å². The van der Waals surface area contributed by atoms with Crippen molar-refractivity contribution in [2.45, 2.75) is 24.2 Å². The van der Waals surface area contributed by atoms with E-state index in [1.54, 1.807) is 0 Å². The Morgan fingerprint density at radius 2 is 1.80 bits per heavy atom. The van der Waals surface area contributed by atoms with Crippen LogP contribution in [0.3, 0.4) is 0 Å². The molecule has 0 atom stereocenters. The molecule has 1 aromatic rings. The number of rotatable bonds is 1. The number of nitrogens with zero attached hydrogens (tertiary/aromatic N) is 1. The summed E-state index contributed by atoms with van der Waals surface area (Å²) in [6.45, 7) is 1.78. The van der Waals surface area contributed by atoms with Gasteiger partial charge in [-0.15, -0.1) is 12.6 Å². The van der Waals surface area contributed by atoms with Crippen molar-refractivity contribution in [2.24, 2.45) is 0 Å². The van der Waals surface area contributed by atoms with Crippen LogP contribution < -0.4 is 0 Å². The van der Waals surface area contributed by atoms with Gasteiger partial charge in [0, 0.05) is 18.0 Å². The lowest BCUT2D eigenvalue weighted by atomic mass is 10.1. The molecule has 0 spiro atoms. The van der Waals surface area contributed by atoms with Crippen LogP contribution in [0, 0.1) is 0 Å². The lowest BCUT2D eigenvalue weighted by molar-refractivity contribution is 0.0721. The number of likely N-dealkylation sites (tertiary alicyclic amines) is 1. The van der Waals surface area contributed by atoms with Crippen LogP contribution >= 0.6 is 12.6 Å². The first-order valence-corrected chi connectivity index (χ1v) is 5.81. The van der Waals surface area contributed by atoms with Gasteiger partial charge in [-0.1, -0.05) is 12.1 Å². The molecule has 0 bridgehead atoms. The molecule has 1 aromatic carbocycles. The van der Waals surface area contributed by atoms with Crippen molar-refractivity contribution in [1.82, 2.24) is 4.90 Å². The highest BCUT2D eigenvalue weighted by Crippen LogP contribution is 2.18. The summed E-state index contributed by atoms with van der Waals surface area (Å²) in [6.07, 6.45) is 3.49. The monoisotopic (exact) mass is 221 g/mol. The average molecular weight is 221 g/mol. The highest BCUT2D eigenvalue weighted by atomic mass is 32.1. The zero-order valence-corrected chi connectivity index (χ0v) is 9.54. The van der Waals surface area contributed by atoms with E-state index in [1.165, 1.54) is 6.42 Å². The number of thiol groups is 1. The largest absolute Gasteiger partial charge is 0.339 e. The molecule has 0 saturated carbocycles. The Hall–Kier alpha value is -0.960. The number of carbonyl (C=O) groups excluding carboxylic acids is 1. The molecule has 1 aliphatic rings. The third-order valence-electron chi connectivity index (χ3n) is 2.78. The summed E-state index contributed by atoms with van der Waals surface area (Å²) in [4.78, 5) is 14.8. The van der Waals surface area contributed by atoms with Crippen molar-refractivity contribution in [1.29, 1.82) is 0 Å². The van der Waals surface area contributed by atoms with E-state index in [0.29, 0.717) is 0 Å². The quantitative estimate of drug-likeness (QED) is 0.723. The molecule has 1 amide bonds. The highest BCUT2D eigenvalue weighted by molar-refractivity contribution is 7.80. The first-order chi connectivity index (χ1) is 7.29. The SMILES string of the molecule is O=C(c1ccccc1S)N1CCCCC1. The summed E-state index contributed by atoms with van der Waals surface area (Å²) < 4.78 is 0. The summed E-state index contributed by atoms with van der Waals surface area (Å²) >= 11 is 4.31. The summed E-state index contributed by atoms with van der Waals surface area (Å²) in [5, 5.41) is 0. The van der Waals surface area contributed by atoms with Gasteiger partial charge in [0.25, 0.3) is 5.91 Å². The van der Waals surface area contributed by atoms with Crippen LogP contribution in [0.2, 0.25) is 0 Å². The summed E-state index contributed by atoms with van der Waals surface area (Å²) in [6, 6.07) is 7.49. The number of amides is 1. The highest BCUT2D eigenvalue weighted by Gasteiger charge is 2.19. The summed E-state index contributed by atoms with van der Waals surface area (Å²) in [5.74, 6) is 0.125. The minimum Gasteiger partial charge on any atom is -0.339 e. The molecule has 80 valence electrons. The fraction of sp³-hybridized carbons (Fsp3) is 0.417. The molecule has 3 heteroatoms. The van der Waals surface area contributed by atoms with E-state index in [0.717, 1.165) is 36.4 Å². The van der Waals surface area contributed by atoms with E-state index in [9.17, 15) is 4.79 Å². The Morgan fingerprint density at radius 1 is 1.13 bits per heavy atom. The third-order valence-corrected chi connectivity index (χ3v) is 3.17. The molecule has 0 radical (unpaired) electrons. The molecule has 1 fully saturated rings. The molecule has 0 aliphatic carbocycles. The van der Waals surface area contributed by atoms with Gasteiger partial charge < -0.3 is 4.90 Å². The van der Waals surface area contributed by atoms with Crippen LogP contribution in [0.15, 0.2) is 29.2 Å². The van der Waals surface area contributed by atoms with Gasteiger partial charge in [-0.25, -0.2) is 0 Å². The molecule has 1 heterocycles. The van der Waals surface area contributed by atoms with Crippen LogP contribution in [0.5, 0.6) is 0 Å². The fourth-order valence-electron chi connectivity index (χ4n) is 1.92. The van der Waals surface area contributed by atoms with Crippen LogP contribution in [-0.2, 0) is 0 Å². The first kappa shape index (κ1) is 10.6. The zero-order valence-electron chi connectivity index (χ0n) is 8.65. The van der Waals surface area contributed by atoms with Crippen molar-refractivity contribution in [3.63, 3.8) is 0 Å². The smallest absolute Gasteiger partial charge is 0.254 e. The molecule has 0 N–H and O–H groups in total. The third kappa shape index (κ3) is 2.34. The maximum absolute atomic E-state index is 12.1. The Morgan fingerprint density at radius 3 is 2.47 bits per heavy atom. The second-order valence-electron chi connectivity index (χ2n) is 3.87. The van der Waals surface area contributed by atoms with Gasteiger partial charge >= 0.3 is 0 Å². The van der Waals surface area contributed by atoms with Crippen LogP contribution in [-0.4, -0.2) is 23.9 Å². The van der Waals surface area contributed by atoms with Gasteiger partial charge in [-0.3, -0.25) is 4.79 Å². The van der Waals surface area contributed by atoms with E-state index in [4.69, 9.17) is 0 Å². The number of benzene rings is 1.